The number of ether oxygens (including phenoxy) is 1. The van der Waals surface area contributed by atoms with Gasteiger partial charge >= 0.3 is 0 Å². The van der Waals surface area contributed by atoms with Crippen molar-refractivity contribution in [2.24, 2.45) is 0 Å². The number of carbonyl (C=O) groups is 1. The van der Waals surface area contributed by atoms with E-state index in [4.69, 9.17) is 10.5 Å². The molecule has 1 aliphatic carbocycles. The molecule has 0 radical (unpaired) electrons. The summed E-state index contributed by atoms with van der Waals surface area (Å²) in [6.45, 7) is 1.33. The van der Waals surface area contributed by atoms with E-state index in [-0.39, 0.29) is 5.91 Å². The lowest BCUT2D eigenvalue weighted by molar-refractivity contribution is 0.0273. The van der Waals surface area contributed by atoms with Gasteiger partial charge < -0.3 is 15.8 Å². The smallest absolute Gasteiger partial charge is 0.270 e. The number of aromatic nitrogens is 1. The molecule has 0 aliphatic heterocycles. The van der Waals surface area contributed by atoms with Crippen molar-refractivity contribution in [1.29, 1.82) is 0 Å². The molecule has 0 unspecified atom stereocenters. The number of amides is 1. The van der Waals surface area contributed by atoms with Crippen molar-refractivity contribution in [3.05, 3.63) is 11.1 Å². The lowest BCUT2D eigenvalue weighted by Gasteiger charge is -2.21. The number of carbonyl (C=O) groups excluding carboxylic acids is 1. The molecule has 1 saturated carbocycles. The summed E-state index contributed by atoms with van der Waals surface area (Å²) in [5, 5.41) is 4.91. The molecule has 1 fully saturated rings. The summed E-state index contributed by atoms with van der Waals surface area (Å²) in [5.41, 5.74) is 5.88. The second-order valence-corrected chi connectivity index (χ2v) is 5.70. The zero-order valence-corrected chi connectivity index (χ0v) is 11.9. The Morgan fingerprint density at radius 2 is 2.26 bits per heavy atom. The monoisotopic (exact) mass is 283 g/mol. The van der Waals surface area contributed by atoms with Crippen LogP contribution in [-0.4, -0.2) is 30.1 Å². The van der Waals surface area contributed by atoms with E-state index in [0.29, 0.717) is 30.1 Å². The summed E-state index contributed by atoms with van der Waals surface area (Å²) in [4.78, 5) is 15.6. The molecule has 1 amide bonds. The minimum atomic E-state index is -0.161. The van der Waals surface area contributed by atoms with E-state index in [0.717, 1.165) is 6.42 Å². The normalized spacial score (nSPS) is 16.4. The number of anilines is 1. The standard InChI is InChI=1S/C13H21N3O2S/c14-13-16-11(9-19-13)12(17)15-7-4-8-18-10-5-2-1-3-6-10/h9-10H,1-8H2,(H2,14,16)(H,15,17). The first-order valence-corrected chi connectivity index (χ1v) is 7.74. The molecule has 1 heterocycles. The third-order valence-corrected chi connectivity index (χ3v) is 3.94. The van der Waals surface area contributed by atoms with Gasteiger partial charge in [0.2, 0.25) is 0 Å². The molecule has 19 heavy (non-hydrogen) atoms. The van der Waals surface area contributed by atoms with E-state index in [9.17, 15) is 4.79 Å². The number of nitrogens with two attached hydrogens (primary N) is 1. The third-order valence-electron chi connectivity index (χ3n) is 3.27. The maximum absolute atomic E-state index is 11.7. The van der Waals surface area contributed by atoms with Crippen LogP contribution in [0.15, 0.2) is 5.38 Å². The summed E-state index contributed by atoms with van der Waals surface area (Å²) in [6.07, 6.45) is 7.55. The van der Waals surface area contributed by atoms with E-state index in [1.165, 1.54) is 43.4 Å². The van der Waals surface area contributed by atoms with Crippen LogP contribution in [-0.2, 0) is 4.74 Å². The van der Waals surface area contributed by atoms with Crippen LogP contribution < -0.4 is 11.1 Å². The number of hydrogen-bond acceptors (Lipinski definition) is 5. The lowest BCUT2D eigenvalue weighted by atomic mass is 9.98. The van der Waals surface area contributed by atoms with Crippen molar-refractivity contribution >= 4 is 22.4 Å². The quantitative estimate of drug-likeness (QED) is 0.785. The van der Waals surface area contributed by atoms with Gasteiger partial charge in [0.15, 0.2) is 5.13 Å². The summed E-state index contributed by atoms with van der Waals surface area (Å²) < 4.78 is 5.79. The maximum atomic E-state index is 11.7. The van der Waals surface area contributed by atoms with Gasteiger partial charge in [-0.15, -0.1) is 11.3 Å². The van der Waals surface area contributed by atoms with Gasteiger partial charge in [0, 0.05) is 18.5 Å². The Morgan fingerprint density at radius 3 is 2.95 bits per heavy atom. The molecule has 3 N–H and O–H groups in total. The van der Waals surface area contributed by atoms with Crippen molar-refractivity contribution < 1.29 is 9.53 Å². The van der Waals surface area contributed by atoms with E-state index in [1.54, 1.807) is 5.38 Å². The fourth-order valence-electron chi connectivity index (χ4n) is 2.24. The average molecular weight is 283 g/mol. The molecule has 1 aromatic rings. The zero-order chi connectivity index (χ0) is 13.5. The highest BCUT2D eigenvalue weighted by molar-refractivity contribution is 7.13. The summed E-state index contributed by atoms with van der Waals surface area (Å²) >= 11 is 1.28. The van der Waals surface area contributed by atoms with Crippen LogP contribution in [0.1, 0.15) is 49.0 Å². The van der Waals surface area contributed by atoms with Crippen LogP contribution in [0.5, 0.6) is 0 Å². The first-order valence-electron chi connectivity index (χ1n) is 6.86. The second kappa shape index (κ2) is 7.45. The predicted molar refractivity (Wildman–Crippen MR) is 76.3 cm³/mol. The summed E-state index contributed by atoms with van der Waals surface area (Å²) in [7, 11) is 0. The fourth-order valence-corrected chi connectivity index (χ4v) is 2.78. The van der Waals surface area contributed by atoms with Crippen molar-refractivity contribution in [1.82, 2.24) is 10.3 Å². The van der Waals surface area contributed by atoms with Gasteiger partial charge in [-0.25, -0.2) is 4.98 Å². The van der Waals surface area contributed by atoms with Crippen LogP contribution in [0.25, 0.3) is 0 Å². The van der Waals surface area contributed by atoms with Crippen LogP contribution >= 0.6 is 11.3 Å². The zero-order valence-electron chi connectivity index (χ0n) is 11.1. The number of nitrogens with one attached hydrogen (secondary N) is 1. The Labute approximate surface area is 117 Å². The number of thiazole rings is 1. The SMILES string of the molecule is Nc1nc(C(=O)NCCCOC2CCCCC2)cs1. The first-order chi connectivity index (χ1) is 9.25. The van der Waals surface area contributed by atoms with E-state index in [1.807, 2.05) is 0 Å². The number of rotatable bonds is 6. The molecule has 0 spiro atoms. The van der Waals surface area contributed by atoms with Crippen molar-refractivity contribution in [2.45, 2.75) is 44.6 Å². The van der Waals surface area contributed by atoms with Crippen molar-refractivity contribution in [3.8, 4) is 0 Å². The highest BCUT2D eigenvalue weighted by Crippen LogP contribution is 2.20. The molecule has 5 nitrogen and oxygen atoms in total. The lowest BCUT2D eigenvalue weighted by Crippen LogP contribution is -2.26. The van der Waals surface area contributed by atoms with Crippen molar-refractivity contribution in [2.75, 3.05) is 18.9 Å². The molecule has 1 aromatic heterocycles. The van der Waals surface area contributed by atoms with E-state index < -0.39 is 0 Å². The van der Waals surface area contributed by atoms with Gasteiger partial charge in [-0.05, 0) is 19.3 Å². The molecule has 0 atom stereocenters. The van der Waals surface area contributed by atoms with Gasteiger partial charge in [-0.2, -0.15) is 0 Å². The summed E-state index contributed by atoms with van der Waals surface area (Å²) in [6, 6.07) is 0. The first kappa shape index (κ1) is 14.3. The Bertz CT molecular complexity index is 402. The van der Waals surface area contributed by atoms with Gasteiger partial charge in [-0.3, -0.25) is 4.79 Å². The Kier molecular flexibility index (Phi) is 5.60. The second-order valence-electron chi connectivity index (χ2n) is 4.81. The molecule has 0 saturated heterocycles. The highest BCUT2D eigenvalue weighted by Gasteiger charge is 2.13. The molecular formula is C13H21N3O2S. The molecule has 6 heteroatoms. The Balaban J connectivity index is 1.55. The summed E-state index contributed by atoms with van der Waals surface area (Å²) in [5.74, 6) is -0.161. The topological polar surface area (TPSA) is 77.2 Å². The molecule has 0 bridgehead atoms. The van der Waals surface area contributed by atoms with Crippen LogP contribution in [0.2, 0.25) is 0 Å². The van der Waals surface area contributed by atoms with Crippen LogP contribution in [0, 0.1) is 0 Å². The largest absolute Gasteiger partial charge is 0.378 e. The molecular weight excluding hydrogens is 262 g/mol. The van der Waals surface area contributed by atoms with Crippen LogP contribution in [0.3, 0.4) is 0 Å². The third kappa shape index (κ3) is 4.80. The minimum Gasteiger partial charge on any atom is -0.378 e. The van der Waals surface area contributed by atoms with Crippen molar-refractivity contribution in [3.63, 3.8) is 0 Å². The van der Waals surface area contributed by atoms with Gasteiger partial charge in [0.25, 0.3) is 5.91 Å². The fraction of sp³-hybridized carbons (Fsp3) is 0.692. The van der Waals surface area contributed by atoms with Gasteiger partial charge in [-0.1, -0.05) is 19.3 Å². The number of nitrogens with zero attached hydrogens (tertiary/aromatic N) is 1. The molecule has 2 rings (SSSR count). The van der Waals surface area contributed by atoms with Crippen LogP contribution in [0.4, 0.5) is 5.13 Å². The number of hydrogen-bond donors (Lipinski definition) is 2. The van der Waals surface area contributed by atoms with Gasteiger partial charge in [0.1, 0.15) is 5.69 Å². The molecule has 106 valence electrons. The highest BCUT2D eigenvalue weighted by atomic mass is 32.1. The van der Waals surface area contributed by atoms with E-state index in [2.05, 4.69) is 10.3 Å². The van der Waals surface area contributed by atoms with Gasteiger partial charge in [0.05, 0.1) is 6.10 Å². The average Bonchev–Trinajstić information content (AvgIpc) is 2.86. The number of nitrogen functional groups attached to an aromatic ring is 1. The minimum absolute atomic E-state index is 0.161. The maximum Gasteiger partial charge on any atom is 0.270 e. The molecule has 0 aromatic carbocycles. The van der Waals surface area contributed by atoms with E-state index >= 15 is 0 Å². The predicted octanol–water partition coefficient (Wildman–Crippen LogP) is 2.19. The Hall–Kier alpha value is -1.14. The molecule has 1 aliphatic rings. The Morgan fingerprint density at radius 1 is 1.47 bits per heavy atom.